The van der Waals surface area contributed by atoms with Gasteiger partial charge < -0.3 is 35.0 Å². The molecule has 7 rings (SSSR count). The van der Waals surface area contributed by atoms with E-state index in [-0.39, 0.29) is 49.2 Å². The molecule has 3 N–H and O–H groups in total. The van der Waals surface area contributed by atoms with Crippen LogP contribution >= 0.6 is 23.6 Å². The molecule has 71 heavy (non-hydrogen) atoms. The van der Waals surface area contributed by atoms with Crippen LogP contribution in [0.2, 0.25) is 0 Å². The third-order valence-corrected chi connectivity index (χ3v) is 13.7. The average molecular weight is 1010 g/mol. The smallest absolute Gasteiger partial charge is 0.407 e. The fourth-order valence-corrected chi connectivity index (χ4v) is 9.78. The Kier molecular flexibility index (Phi) is 15.5. The molecule has 19 heteroatoms. The number of thiazole rings is 1. The number of hydrogen-bond acceptors (Lipinski definition) is 10. The van der Waals surface area contributed by atoms with E-state index in [0.717, 1.165) is 44.3 Å². The minimum Gasteiger partial charge on any atom is -0.493 e. The summed E-state index contributed by atoms with van der Waals surface area (Å²) in [6, 6.07) is 23.1. The first-order valence-electron chi connectivity index (χ1n) is 22.8. The van der Waals surface area contributed by atoms with Gasteiger partial charge in [0.1, 0.15) is 29.1 Å². The topological polar surface area (TPSA) is 158 Å². The van der Waals surface area contributed by atoms with Crippen LogP contribution in [0.5, 0.6) is 11.5 Å². The van der Waals surface area contributed by atoms with Crippen LogP contribution in [0.1, 0.15) is 69.8 Å². The monoisotopic (exact) mass is 1010 g/mol. The van der Waals surface area contributed by atoms with Gasteiger partial charge in [-0.3, -0.25) is 24.1 Å². The van der Waals surface area contributed by atoms with Gasteiger partial charge in [-0.1, -0.05) is 63.2 Å². The minimum atomic E-state index is -4.80. The lowest BCUT2D eigenvalue weighted by atomic mass is 9.85. The van der Waals surface area contributed by atoms with Crippen LogP contribution in [0, 0.1) is 18.9 Å². The van der Waals surface area contributed by atoms with E-state index in [0.29, 0.717) is 30.2 Å². The number of amides is 4. The standard InChI is InChI=1S/C52H54F3N7O7S2/c1-31-44(71-30-58-31)34-12-8-33(9-13-34)28-57-46(65)42-27-37(63)29-60(42)47(66)45(50(2,3)4)59-43(64)23-25-69-38-17-10-32(11-18-38)22-24-68-39-19-14-35(15-20-39)62-49(70)61(48(67)51(62,5)6)36-16-21-41(56-7)40(26-36)52(53,54)55/h8-21,26,30,37,42,45,63H,22-25,27-29H2,1-6H3,(H,57,65)(H,59,64)/t37-,42+,45-/m1/s1. The number of rotatable bonds is 16. The molecule has 2 aliphatic heterocycles. The summed E-state index contributed by atoms with van der Waals surface area (Å²) in [4.78, 5) is 66.7. The molecule has 0 saturated carbocycles. The number of aliphatic hydroxyl groups excluding tert-OH is 1. The number of halogens is 3. The van der Waals surface area contributed by atoms with Gasteiger partial charge in [-0.2, -0.15) is 13.2 Å². The lowest BCUT2D eigenvalue weighted by Crippen LogP contribution is -2.57. The van der Waals surface area contributed by atoms with Gasteiger partial charge >= 0.3 is 6.18 Å². The molecule has 4 aromatic carbocycles. The Hall–Kier alpha value is -6.88. The Morgan fingerprint density at radius 1 is 0.944 bits per heavy atom. The molecule has 2 fully saturated rings. The summed E-state index contributed by atoms with van der Waals surface area (Å²) in [5.74, 6) is -0.706. The zero-order valence-electron chi connectivity index (χ0n) is 40.0. The number of benzene rings is 4. The third-order valence-electron chi connectivity index (χ3n) is 12.3. The maximum atomic E-state index is 14.1. The first-order valence-corrected chi connectivity index (χ1v) is 24.1. The molecule has 0 spiro atoms. The largest absolute Gasteiger partial charge is 0.493 e. The molecule has 3 heterocycles. The van der Waals surface area contributed by atoms with Gasteiger partial charge in [-0.25, -0.2) is 9.83 Å². The molecule has 372 valence electrons. The maximum absolute atomic E-state index is 14.1. The number of aromatic nitrogens is 1. The van der Waals surface area contributed by atoms with Crippen LogP contribution in [0.15, 0.2) is 96.5 Å². The minimum absolute atomic E-state index is 0.0104. The van der Waals surface area contributed by atoms with Gasteiger partial charge in [0.25, 0.3) is 5.91 Å². The predicted octanol–water partition coefficient (Wildman–Crippen LogP) is 8.80. The van der Waals surface area contributed by atoms with Crippen molar-refractivity contribution in [3.63, 3.8) is 0 Å². The Balaban J connectivity index is 0.863. The number of aryl methyl sites for hydroxylation is 1. The number of ether oxygens (including phenoxy) is 2. The van der Waals surface area contributed by atoms with E-state index in [1.54, 1.807) is 72.0 Å². The lowest BCUT2D eigenvalue weighted by Gasteiger charge is -2.35. The van der Waals surface area contributed by atoms with Crippen LogP contribution in [0.4, 0.5) is 30.2 Å². The predicted molar refractivity (Wildman–Crippen MR) is 268 cm³/mol. The number of nitrogens with one attached hydrogen (secondary N) is 2. The number of carbonyl (C=O) groups excluding carboxylic acids is 4. The summed E-state index contributed by atoms with van der Waals surface area (Å²) in [5.41, 5.74) is 2.37. The van der Waals surface area contributed by atoms with Crippen molar-refractivity contribution in [2.24, 2.45) is 5.41 Å². The molecular weight excluding hydrogens is 956 g/mol. The molecule has 2 saturated heterocycles. The zero-order valence-corrected chi connectivity index (χ0v) is 41.6. The Bertz CT molecular complexity index is 2820. The molecule has 3 atom stereocenters. The average Bonchev–Trinajstić information content (AvgIpc) is 3.99. The highest BCUT2D eigenvalue weighted by Crippen LogP contribution is 2.42. The molecule has 0 aliphatic carbocycles. The molecule has 14 nitrogen and oxygen atoms in total. The van der Waals surface area contributed by atoms with Gasteiger partial charge in [-0.05, 0) is 104 Å². The first-order chi connectivity index (χ1) is 33.6. The number of aliphatic hydroxyl groups is 1. The van der Waals surface area contributed by atoms with Gasteiger partial charge in [0.15, 0.2) is 10.8 Å². The van der Waals surface area contributed by atoms with Crippen LogP contribution < -0.4 is 29.9 Å². The van der Waals surface area contributed by atoms with Crippen molar-refractivity contribution in [1.82, 2.24) is 20.5 Å². The number of likely N-dealkylation sites (tertiary alicyclic amines) is 1. The second kappa shape index (κ2) is 21.2. The van der Waals surface area contributed by atoms with Crippen LogP contribution in [-0.2, 0) is 38.3 Å². The zero-order chi connectivity index (χ0) is 51.4. The second-order valence-electron chi connectivity index (χ2n) is 18.9. The molecule has 0 unspecified atom stereocenters. The number of thiocarbonyl (C=S) groups is 1. The van der Waals surface area contributed by atoms with Crippen LogP contribution in [0.25, 0.3) is 15.3 Å². The third kappa shape index (κ3) is 11.8. The van der Waals surface area contributed by atoms with Crippen molar-refractivity contribution in [2.75, 3.05) is 29.6 Å². The molecule has 0 bridgehead atoms. The lowest BCUT2D eigenvalue weighted by molar-refractivity contribution is -0.144. The number of alkyl halides is 3. The van der Waals surface area contributed by atoms with E-state index in [9.17, 15) is 37.5 Å². The van der Waals surface area contributed by atoms with Crippen LogP contribution in [-0.4, -0.2) is 87.2 Å². The van der Waals surface area contributed by atoms with Gasteiger partial charge in [-0.15, -0.1) is 11.3 Å². The second-order valence-corrected chi connectivity index (χ2v) is 20.1. The number of carbonyl (C=O) groups is 4. The number of anilines is 2. The summed E-state index contributed by atoms with van der Waals surface area (Å²) in [6.07, 6.45) is -5.12. The highest BCUT2D eigenvalue weighted by molar-refractivity contribution is 7.81. The van der Waals surface area contributed by atoms with Crippen LogP contribution in [0.3, 0.4) is 0 Å². The van der Waals surface area contributed by atoms with Crippen molar-refractivity contribution in [2.45, 2.75) is 97.3 Å². The van der Waals surface area contributed by atoms with E-state index >= 15 is 0 Å². The van der Waals surface area contributed by atoms with Gasteiger partial charge in [0.2, 0.25) is 17.7 Å². The fourth-order valence-electron chi connectivity index (χ4n) is 8.45. The molecule has 0 radical (unpaired) electrons. The fraction of sp³-hybridized carbons (Fsp3) is 0.365. The highest BCUT2D eigenvalue weighted by atomic mass is 32.1. The summed E-state index contributed by atoms with van der Waals surface area (Å²) in [7, 11) is 0. The van der Waals surface area contributed by atoms with Crippen molar-refractivity contribution in [1.29, 1.82) is 0 Å². The Morgan fingerprint density at radius 3 is 2.17 bits per heavy atom. The molecule has 4 amide bonds. The summed E-state index contributed by atoms with van der Waals surface area (Å²) >= 11 is 7.20. The Morgan fingerprint density at radius 2 is 1.56 bits per heavy atom. The Labute approximate surface area is 419 Å². The number of hydrogen-bond donors (Lipinski definition) is 3. The van der Waals surface area contributed by atoms with E-state index in [4.69, 9.17) is 28.3 Å². The van der Waals surface area contributed by atoms with Crippen molar-refractivity contribution < 1.29 is 46.9 Å². The molecule has 1 aromatic heterocycles. The molecule has 2 aliphatic rings. The van der Waals surface area contributed by atoms with Crippen molar-refractivity contribution in [3.8, 4) is 21.9 Å². The summed E-state index contributed by atoms with van der Waals surface area (Å²) in [5, 5.41) is 16.4. The van der Waals surface area contributed by atoms with Gasteiger partial charge in [0, 0.05) is 37.3 Å². The first kappa shape index (κ1) is 52.0. The van der Waals surface area contributed by atoms with Crippen molar-refractivity contribution in [3.05, 3.63) is 130 Å². The van der Waals surface area contributed by atoms with E-state index < -0.39 is 64.3 Å². The summed E-state index contributed by atoms with van der Waals surface area (Å²) in [6.45, 7) is 18.4. The number of β-amino-alcohol motifs (C(OH)–C–C–N with tert-alkyl or cyclic N) is 1. The van der Waals surface area contributed by atoms with E-state index in [1.807, 2.05) is 64.1 Å². The highest BCUT2D eigenvalue weighted by Gasteiger charge is 2.51. The summed E-state index contributed by atoms with van der Waals surface area (Å²) < 4.78 is 53.1. The SMILES string of the molecule is [C-]#[N+]c1ccc(N2C(=O)C(C)(C)N(c3ccc(OCCc4ccc(OCCC(=O)N[C@H](C(=O)N5C[C@H](O)C[C@H]5C(=O)NCc5ccc(-c6scnc6C)cc5)C(C)(C)C)cc4)cc3)C2=S)cc1C(F)(F)F. The maximum Gasteiger partial charge on any atom is 0.407 e. The van der Waals surface area contributed by atoms with Gasteiger partial charge in [0.05, 0.1) is 54.0 Å². The normalized spacial score (nSPS) is 17.2. The van der Waals surface area contributed by atoms with Crippen molar-refractivity contribution >= 4 is 69.4 Å². The number of nitrogens with zero attached hydrogens (tertiary/aromatic N) is 5. The van der Waals surface area contributed by atoms with E-state index in [1.165, 1.54) is 11.0 Å². The molecule has 5 aromatic rings. The molecular formula is C52H54F3N7O7S2. The quantitative estimate of drug-likeness (QED) is 0.0645. The van der Waals surface area contributed by atoms with E-state index in [2.05, 4.69) is 20.5 Å².